The molecule has 0 saturated heterocycles. The summed E-state index contributed by atoms with van der Waals surface area (Å²) in [6, 6.07) is 9.79. The van der Waals surface area contributed by atoms with Crippen molar-refractivity contribution in [3.05, 3.63) is 42.7 Å². The van der Waals surface area contributed by atoms with Gasteiger partial charge in [0.05, 0.1) is 22.9 Å². The van der Waals surface area contributed by atoms with Gasteiger partial charge in [0.15, 0.2) is 5.82 Å². The van der Waals surface area contributed by atoms with Gasteiger partial charge in [-0.2, -0.15) is 10.1 Å². The molecule has 0 bridgehead atoms. The molecule has 1 aromatic carbocycles. The van der Waals surface area contributed by atoms with E-state index in [1.54, 1.807) is 12.4 Å². The maximum absolute atomic E-state index is 4.64. The van der Waals surface area contributed by atoms with Crippen molar-refractivity contribution < 1.29 is 0 Å². The van der Waals surface area contributed by atoms with Gasteiger partial charge < -0.3 is 15.6 Å². The molecular weight excluding hydrogens is 364 g/mol. The first-order valence-corrected chi connectivity index (χ1v) is 10.2. The van der Waals surface area contributed by atoms with E-state index >= 15 is 0 Å². The van der Waals surface area contributed by atoms with Crippen LogP contribution in [-0.4, -0.2) is 36.7 Å². The Hall–Kier alpha value is -3.42. The lowest BCUT2D eigenvalue weighted by Crippen LogP contribution is -2.18. The highest BCUT2D eigenvalue weighted by atomic mass is 15.2. The first-order valence-electron chi connectivity index (χ1n) is 10.2. The summed E-state index contributed by atoms with van der Waals surface area (Å²) in [4.78, 5) is 16.9. The normalized spacial score (nSPS) is 14.9. The zero-order valence-corrected chi connectivity index (χ0v) is 16.2. The van der Waals surface area contributed by atoms with Crippen LogP contribution in [0.15, 0.2) is 42.7 Å². The molecule has 8 heteroatoms. The molecular formula is C21H24N8. The van der Waals surface area contributed by atoms with E-state index < -0.39 is 0 Å². The zero-order valence-electron chi connectivity index (χ0n) is 16.2. The van der Waals surface area contributed by atoms with Gasteiger partial charge in [0, 0.05) is 12.7 Å². The average Bonchev–Trinajstić information content (AvgIpc) is 3.40. The summed E-state index contributed by atoms with van der Waals surface area (Å²) in [6.45, 7) is 0.930. The fourth-order valence-electron chi connectivity index (χ4n) is 3.91. The molecule has 8 nitrogen and oxygen atoms in total. The van der Waals surface area contributed by atoms with Crippen LogP contribution >= 0.6 is 0 Å². The Morgan fingerprint density at radius 3 is 2.83 bits per heavy atom. The highest BCUT2D eigenvalue weighted by Crippen LogP contribution is 2.28. The van der Waals surface area contributed by atoms with E-state index in [1.165, 1.54) is 32.1 Å². The lowest BCUT2D eigenvalue weighted by atomic mass is 9.89. The van der Waals surface area contributed by atoms with Crippen LogP contribution in [0.2, 0.25) is 0 Å². The molecule has 0 aliphatic heterocycles. The van der Waals surface area contributed by atoms with E-state index in [0.717, 1.165) is 40.7 Å². The van der Waals surface area contributed by atoms with Gasteiger partial charge in [-0.25, -0.2) is 9.97 Å². The Bertz CT molecular complexity index is 1060. The molecule has 5 rings (SSSR count). The van der Waals surface area contributed by atoms with Crippen LogP contribution in [0.25, 0.3) is 22.6 Å². The maximum atomic E-state index is 4.64. The van der Waals surface area contributed by atoms with E-state index in [1.807, 2.05) is 30.3 Å². The van der Waals surface area contributed by atoms with Gasteiger partial charge in [0.2, 0.25) is 5.95 Å². The van der Waals surface area contributed by atoms with Crippen LogP contribution in [0.5, 0.6) is 0 Å². The summed E-state index contributed by atoms with van der Waals surface area (Å²) >= 11 is 0. The number of rotatable bonds is 6. The fourth-order valence-corrected chi connectivity index (χ4v) is 3.91. The molecule has 0 spiro atoms. The summed E-state index contributed by atoms with van der Waals surface area (Å²) in [5.41, 5.74) is 3.50. The third-order valence-electron chi connectivity index (χ3n) is 5.46. The Labute approximate surface area is 168 Å². The van der Waals surface area contributed by atoms with Crippen LogP contribution in [-0.2, 0) is 0 Å². The number of nitrogens with zero attached hydrogens (tertiary/aromatic N) is 4. The van der Waals surface area contributed by atoms with Crippen molar-refractivity contribution in [3.8, 4) is 11.5 Å². The van der Waals surface area contributed by atoms with Crippen LogP contribution in [0.1, 0.15) is 32.1 Å². The van der Waals surface area contributed by atoms with Crippen molar-refractivity contribution in [2.75, 3.05) is 17.2 Å². The predicted octanol–water partition coefficient (Wildman–Crippen LogP) is 4.48. The summed E-state index contributed by atoms with van der Waals surface area (Å²) in [6.07, 6.45) is 10.1. The van der Waals surface area contributed by atoms with E-state index in [4.69, 9.17) is 0 Å². The quantitative estimate of drug-likeness (QED) is 0.388. The highest BCUT2D eigenvalue weighted by Gasteiger charge is 2.15. The van der Waals surface area contributed by atoms with Crippen molar-refractivity contribution in [1.82, 2.24) is 30.1 Å². The van der Waals surface area contributed by atoms with Crippen LogP contribution in [0.3, 0.4) is 0 Å². The minimum absolute atomic E-state index is 0.648. The molecule has 0 radical (unpaired) electrons. The van der Waals surface area contributed by atoms with Crippen molar-refractivity contribution in [2.24, 2.45) is 5.92 Å². The number of aromatic nitrogens is 6. The molecule has 0 amide bonds. The van der Waals surface area contributed by atoms with Gasteiger partial charge in [0.1, 0.15) is 11.5 Å². The molecule has 4 N–H and O–H groups in total. The fraction of sp³-hybridized carbons (Fsp3) is 0.333. The van der Waals surface area contributed by atoms with Crippen LogP contribution in [0.4, 0.5) is 17.5 Å². The second-order valence-corrected chi connectivity index (χ2v) is 7.54. The topological polar surface area (TPSA) is 107 Å². The lowest BCUT2D eigenvalue weighted by molar-refractivity contribution is 0.373. The van der Waals surface area contributed by atoms with E-state index in [2.05, 4.69) is 40.8 Å². The number of anilines is 3. The number of benzene rings is 1. The molecule has 1 fully saturated rings. The van der Waals surface area contributed by atoms with E-state index in [9.17, 15) is 0 Å². The van der Waals surface area contributed by atoms with Crippen molar-refractivity contribution in [1.29, 1.82) is 0 Å². The van der Waals surface area contributed by atoms with Gasteiger partial charge in [-0.1, -0.05) is 31.4 Å². The number of nitrogens with one attached hydrogen (secondary N) is 4. The lowest BCUT2D eigenvalue weighted by Gasteiger charge is -2.21. The first-order chi connectivity index (χ1) is 14.3. The van der Waals surface area contributed by atoms with Crippen molar-refractivity contribution in [2.45, 2.75) is 32.1 Å². The van der Waals surface area contributed by atoms with Gasteiger partial charge in [0.25, 0.3) is 0 Å². The molecule has 0 unspecified atom stereocenters. The molecule has 1 aliphatic carbocycles. The molecule has 0 atom stereocenters. The Morgan fingerprint density at radius 2 is 1.93 bits per heavy atom. The molecule has 4 aromatic rings. The van der Waals surface area contributed by atoms with Gasteiger partial charge >= 0.3 is 0 Å². The number of fused-ring (bicyclic) bond motifs is 1. The highest BCUT2D eigenvalue weighted by molar-refractivity contribution is 5.82. The molecule has 148 valence electrons. The number of aromatic amines is 2. The number of H-pyrrole nitrogens is 2. The number of para-hydroxylation sites is 2. The smallest absolute Gasteiger partial charge is 0.224 e. The summed E-state index contributed by atoms with van der Waals surface area (Å²) in [5.74, 6) is 2.81. The minimum atomic E-state index is 0.648. The second kappa shape index (κ2) is 7.90. The third-order valence-corrected chi connectivity index (χ3v) is 5.46. The van der Waals surface area contributed by atoms with Crippen molar-refractivity contribution in [3.63, 3.8) is 0 Å². The van der Waals surface area contributed by atoms with Gasteiger partial charge in [-0.15, -0.1) is 0 Å². The minimum Gasteiger partial charge on any atom is -0.354 e. The SMILES string of the molecule is c1ccc2[nH]c(-c3[nH]ncc3Nc3ccnc(NCC4CCCCC4)n3)nc2c1. The largest absolute Gasteiger partial charge is 0.354 e. The van der Waals surface area contributed by atoms with Gasteiger partial charge in [-0.3, -0.25) is 5.10 Å². The van der Waals surface area contributed by atoms with Crippen molar-refractivity contribution >= 4 is 28.5 Å². The monoisotopic (exact) mass is 388 g/mol. The summed E-state index contributed by atoms with van der Waals surface area (Å²) < 4.78 is 0. The Balaban J connectivity index is 1.31. The van der Waals surface area contributed by atoms with Crippen LogP contribution < -0.4 is 10.6 Å². The predicted molar refractivity (Wildman–Crippen MR) is 114 cm³/mol. The number of imidazole rings is 1. The Morgan fingerprint density at radius 1 is 1.03 bits per heavy atom. The second-order valence-electron chi connectivity index (χ2n) is 7.54. The summed E-state index contributed by atoms with van der Waals surface area (Å²) in [5, 5.41) is 13.9. The molecule has 1 aliphatic rings. The third kappa shape index (κ3) is 3.91. The van der Waals surface area contributed by atoms with Crippen LogP contribution in [0, 0.1) is 5.92 Å². The maximum Gasteiger partial charge on any atom is 0.224 e. The van der Waals surface area contributed by atoms with Gasteiger partial charge in [-0.05, 0) is 37.0 Å². The standard InChI is InChI=1S/C21H24N8/c1-2-6-14(7-3-1)12-23-21-22-11-10-18(28-21)25-17-13-24-29-19(17)20-26-15-8-4-5-9-16(15)27-20/h4-5,8-11,13-14H,1-3,6-7,12H2,(H,24,29)(H,26,27)(H2,22,23,25,28). The van der Waals surface area contributed by atoms with E-state index in [-0.39, 0.29) is 0 Å². The molecule has 1 saturated carbocycles. The van der Waals surface area contributed by atoms with E-state index in [0.29, 0.717) is 11.8 Å². The molecule has 3 aromatic heterocycles. The zero-order chi connectivity index (χ0) is 19.5. The first kappa shape index (κ1) is 17.7. The average molecular weight is 388 g/mol. The molecule has 3 heterocycles. The summed E-state index contributed by atoms with van der Waals surface area (Å²) in [7, 11) is 0. The molecule has 29 heavy (non-hydrogen) atoms. The number of hydrogen-bond acceptors (Lipinski definition) is 6. The number of hydrogen-bond donors (Lipinski definition) is 4. The Kier molecular flexibility index (Phi) is 4.81.